The Morgan fingerprint density at radius 3 is 2.79 bits per heavy atom. The van der Waals surface area contributed by atoms with Crippen LogP contribution in [0.15, 0.2) is 12.3 Å². The van der Waals surface area contributed by atoms with Gasteiger partial charge in [0, 0.05) is 12.6 Å². The summed E-state index contributed by atoms with van der Waals surface area (Å²) in [7, 11) is 0. The van der Waals surface area contributed by atoms with Crippen LogP contribution in [0, 0.1) is 17.3 Å². The summed E-state index contributed by atoms with van der Waals surface area (Å²) in [6.07, 6.45) is 9.71. The number of nitrogens with zero attached hydrogens (tertiary/aromatic N) is 3. The largest absolute Gasteiger partial charge is 0.330 e. The number of rotatable bonds is 8. The molecule has 0 aromatic carbocycles. The Hall–Kier alpha value is -2.42. The van der Waals surface area contributed by atoms with Crippen LogP contribution in [0.1, 0.15) is 51.4 Å². The molecule has 158 valence electrons. The lowest BCUT2D eigenvalue weighted by Gasteiger charge is -2.30. The van der Waals surface area contributed by atoms with Gasteiger partial charge in [-0.15, -0.1) is 0 Å². The Morgan fingerprint density at radius 1 is 1.41 bits per heavy atom. The normalized spacial score (nSPS) is 23.9. The number of carbonyl (C=O) groups excluding carboxylic acids is 3. The van der Waals surface area contributed by atoms with Crippen molar-refractivity contribution in [2.24, 2.45) is 17.3 Å². The second-order valence-corrected chi connectivity index (χ2v) is 8.96. The van der Waals surface area contributed by atoms with Crippen molar-refractivity contribution in [3.8, 4) is 0 Å². The van der Waals surface area contributed by atoms with Crippen LogP contribution in [0.25, 0.3) is 0 Å². The Morgan fingerprint density at radius 2 is 2.17 bits per heavy atom. The molecule has 3 N–H and O–H groups in total. The molecule has 3 fully saturated rings. The van der Waals surface area contributed by atoms with Crippen LogP contribution in [-0.2, 0) is 14.4 Å². The molecule has 2 heterocycles. The van der Waals surface area contributed by atoms with E-state index in [1.165, 1.54) is 0 Å². The van der Waals surface area contributed by atoms with Crippen LogP contribution in [0.3, 0.4) is 0 Å². The number of carbonyl (C=O) groups is 3. The fourth-order valence-electron chi connectivity index (χ4n) is 5.01. The van der Waals surface area contributed by atoms with Gasteiger partial charge in [-0.1, -0.05) is 25.7 Å². The molecule has 2 saturated carbocycles. The van der Waals surface area contributed by atoms with E-state index in [9.17, 15) is 19.6 Å². The predicted molar refractivity (Wildman–Crippen MR) is 104 cm³/mol. The molecular weight excluding hydrogens is 374 g/mol. The monoisotopic (exact) mass is 403 g/mol. The highest BCUT2D eigenvalue weighted by atomic mass is 16.5. The minimum atomic E-state index is -0.539. The van der Waals surface area contributed by atoms with Gasteiger partial charge >= 0.3 is 0 Å². The molecule has 9 nitrogen and oxygen atoms in total. The molecule has 1 aromatic rings. The molecule has 3 aliphatic rings. The second-order valence-electron chi connectivity index (χ2n) is 8.96. The van der Waals surface area contributed by atoms with Crippen LogP contribution in [0.5, 0.6) is 0 Å². The molecule has 2 aliphatic carbocycles. The first-order valence-corrected chi connectivity index (χ1v) is 10.5. The van der Waals surface area contributed by atoms with E-state index in [4.69, 9.17) is 0 Å². The zero-order valence-corrected chi connectivity index (χ0v) is 16.5. The third-order valence-electron chi connectivity index (χ3n) is 6.78. The number of nitrogens with one attached hydrogen (secondary N) is 2. The van der Waals surface area contributed by atoms with E-state index in [0.29, 0.717) is 42.6 Å². The Kier molecular flexibility index (Phi) is 5.58. The van der Waals surface area contributed by atoms with E-state index >= 15 is 0 Å². The average molecular weight is 403 g/mol. The standard InChI is InChI=1S/C20H29N5O4/c26-13-24(29)11-15(9-14-3-1-2-4-14)19(28)25-12-20(6-7-20)10-16(25)18(27)22-17-5-8-21-23-17/h5,8,13-16,29H,1-4,6-7,9-12H2,(H2,21,22,23,27). The number of hydroxylamine groups is 2. The van der Waals surface area contributed by atoms with Crippen molar-refractivity contribution in [3.63, 3.8) is 0 Å². The van der Waals surface area contributed by atoms with Crippen molar-refractivity contribution < 1.29 is 19.6 Å². The summed E-state index contributed by atoms with van der Waals surface area (Å²) in [5.41, 5.74) is 0.0487. The van der Waals surface area contributed by atoms with E-state index in [-0.39, 0.29) is 23.8 Å². The molecule has 1 saturated heterocycles. The Bertz CT molecular complexity index is 742. The summed E-state index contributed by atoms with van der Waals surface area (Å²) in [4.78, 5) is 39.1. The number of anilines is 1. The molecule has 3 amide bonds. The van der Waals surface area contributed by atoms with Crippen LogP contribution in [-0.4, -0.2) is 62.7 Å². The highest BCUT2D eigenvalue weighted by Crippen LogP contribution is 2.55. The summed E-state index contributed by atoms with van der Waals surface area (Å²) in [6, 6.07) is 1.13. The number of aromatic nitrogens is 2. The zero-order valence-electron chi connectivity index (χ0n) is 16.5. The van der Waals surface area contributed by atoms with Gasteiger partial charge in [-0.25, -0.2) is 5.06 Å². The number of hydrogen-bond donors (Lipinski definition) is 3. The summed E-state index contributed by atoms with van der Waals surface area (Å²) in [5, 5.41) is 19.7. The third kappa shape index (κ3) is 4.44. The van der Waals surface area contributed by atoms with E-state index in [2.05, 4.69) is 15.5 Å². The summed E-state index contributed by atoms with van der Waals surface area (Å²) >= 11 is 0. The fraction of sp³-hybridized carbons (Fsp3) is 0.700. The van der Waals surface area contributed by atoms with Gasteiger partial charge < -0.3 is 10.2 Å². The Labute approximate surface area is 169 Å². The molecular formula is C20H29N5O4. The maximum absolute atomic E-state index is 13.5. The molecule has 2 atom stereocenters. The SMILES string of the molecule is O=CN(O)CC(CC1CCCC1)C(=O)N1CC2(CC2)CC1C(=O)Nc1ccn[nH]1. The lowest BCUT2D eigenvalue weighted by atomic mass is 9.91. The van der Waals surface area contributed by atoms with Gasteiger partial charge in [0.15, 0.2) is 0 Å². The quantitative estimate of drug-likeness (QED) is 0.347. The molecule has 4 rings (SSSR count). The van der Waals surface area contributed by atoms with Crippen molar-refractivity contribution in [1.29, 1.82) is 0 Å². The van der Waals surface area contributed by atoms with Crippen molar-refractivity contribution in [1.82, 2.24) is 20.2 Å². The van der Waals surface area contributed by atoms with Crippen molar-refractivity contribution >= 4 is 24.0 Å². The predicted octanol–water partition coefficient (Wildman–Crippen LogP) is 1.77. The van der Waals surface area contributed by atoms with E-state index in [0.717, 1.165) is 38.5 Å². The fourth-order valence-corrected chi connectivity index (χ4v) is 5.01. The molecule has 2 unspecified atom stereocenters. The molecule has 9 heteroatoms. The summed E-state index contributed by atoms with van der Waals surface area (Å²) < 4.78 is 0. The average Bonchev–Trinajstić information content (AvgIpc) is 3.13. The highest BCUT2D eigenvalue weighted by molar-refractivity contribution is 5.97. The summed E-state index contributed by atoms with van der Waals surface area (Å²) in [5.74, 6) is 0.0844. The topological polar surface area (TPSA) is 119 Å². The van der Waals surface area contributed by atoms with Crippen LogP contribution < -0.4 is 5.32 Å². The van der Waals surface area contributed by atoms with Gasteiger partial charge in [0.25, 0.3) is 0 Å². The van der Waals surface area contributed by atoms with E-state index in [1.807, 2.05) is 0 Å². The first-order valence-electron chi connectivity index (χ1n) is 10.5. The van der Waals surface area contributed by atoms with Gasteiger partial charge in [0.2, 0.25) is 18.2 Å². The maximum atomic E-state index is 13.5. The number of amides is 3. The maximum Gasteiger partial charge on any atom is 0.248 e. The molecule has 0 bridgehead atoms. The van der Waals surface area contributed by atoms with Crippen LogP contribution in [0.2, 0.25) is 0 Å². The smallest absolute Gasteiger partial charge is 0.248 e. The molecule has 1 aromatic heterocycles. The lowest BCUT2D eigenvalue weighted by Crippen LogP contribution is -2.48. The van der Waals surface area contributed by atoms with Crippen molar-refractivity contribution in [3.05, 3.63) is 12.3 Å². The second kappa shape index (κ2) is 8.14. The summed E-state index contributed by atoms with van der Waals surface area (Å²) in [6.45, 7) is 0.539. The number of likely N-dealkylation sites (tertiary alicyclic amines) is 1. The molecule has 0 radical (unpaired) electrons. The van der Waals surface area contributed by atoms with E-state index < -0.39 is 12.0 Å². The zero-order chi connectivity index (χ0) is 20.4. The first-order chi connectivity index (χ1) is 14.0. The van der Waals surface area contributed by atoms with Crippen molar-refractivity contribution in [2.45, 2.75) is 57.4 Å². The lowest BCUT2D eigenvalue weighted by molar-refractivity contribution is -0.158. The molecule has 1 aliphatic heterocycles. The number of aromatic amines is 1. The van der Waals surface area contributed by atoms with Gasteiger partial charge in [0.05, 0.1) is 18.7 Å². The number of H-pyrrole nitrogens is 1. The minimum absolute atomic E-state index is 0.0305. The van der Waals surface area contributed by atoms with Gasteiger partial charge in [-0.05, 0) is 37.0 Å². The molecule has 29 heavy (non-hydrogen) atoms. The van der Waals surface area contributed by atoms with Crippen LogP contribution >= 0.6 is 0 Å². The number of hydrogen-bond acceptors (Lipinski definition) is 5. The minimum Gasteiger partial charge on any atom is -0.330 e. The van der Waals surface area contributed by atoms with E-state index in [1.54, 1.807) is 17.2 Å². The Balaban J connectivity index is 1.50. The first kappa shape index (κ1) is 19.9. The van der Waals surface area contributed by atoms with Gasteiger partial charge in [0.1, 0.15) is 11.9 Å². The third-order valence-corrected chi connectivity index (χ3v) is 6.78. The van der Waals surface area contributed by atoms with Gasteiger partial charge in [-0.2, -0.15) is 5.10 Å². The molecule has 1 spiro atoms. The van der Waals surface area contributed by atoms with Crippen molar-refractivity contribution in [2.75, 3.05) is 18.4 Å². The highest BCUT2D eigenvalue weighted by Gasteiger charge is 2.55. The van der Waals surface area contributed by atoms with Gasteiger partial charge in [-0.3, -0.25) is 24.7 Å². The van der Waals surface area contributed by atoms with Crippen LogP contribution in [0.4, 0.5) is 5.82 Å².